The van der Waals surface area contributed by atoms with Gasteiger partial charge >= 0.3 is 0 Å². The topological polar surface area (TPSA) is 29.0 Å². The van der Waals surface area contributed by atoms with E-state index in [0.717, 1.165) is 29.2 Å². The summed E-state index contributed by atoms with van der Waals surface area (Å²) >= 11 is 6.17. The number of fused-ring (bicyclic) bond motifs is 2. The molecule has 110 valence electrons. The molecule has 2 atom stereocenters. The molecule has 2 fully saturated rings. The lowest BCUT2D eigenvalue weighted by atomic mass is 9.78. The van der Waals surface area contributed by atoms with E-state index in [0.29, 0.717) is 11.3 Å². The van der Waals surface area contributed by atoms with E-state index in [2.05, 4.69) is 27.0 Å². The minimum absolute atomic E-state index is 0.363. The number of para-hydroxylation sites is 1. The fourth-order valence-electron chi connectivity index (χ4n) is 4.14. The molecule has 1 aliphatic carbocycles. The Bertz CT molecular complexity index is 656. The van der Waals surface area contributed by atoms with Crippen molar-refractivity contribution in [1.29, 1.82) is 0 Å². The first kappa shape index (κ1) is 13.3. The number of benzene rings is 1. The number of hydrogen-bond donors (Lipinski definition) is 0. The van der Waals surface area contributed by atoms with Crippen LogP contribution >= 0.6 is 11.6 Å². The van der Waals surface area contributed by atoms with Crippen LogP contribution in [0.4, 0.5) is 5.82 Å². The zero-order valence-electron chi connectivity index (χ0n) is 12.1. The summed E-state index contributed by atoms with van der Waals surface area (Å²) in [7, 11) is 0. The van der Waals surface area contributed by atoms with Gasteiger partial charge in [0.05, 0.1) is 5.52 Å². The van der Waals surface area contributed by atoms with Crippen LogP contribution in [0, 0.1) is 5.92 Å². The second-order valence-corrected chi connectivity index (χ2v) is 6.62. The summed E-state index contributed by atoms with van der Waals surface area (Å²) < 4.78 is 0. The fraction of sp³-hybridized carbons (Fsp3) is 0.529. The average Bonchev–Trinajstić information content (AvgIpc) is 2.53. The SMILES string of the molecule is Clc1nc(N2CCCC3CCCCC32)c2ccccc2n1. The number of halogens is 1. The van der Waals surface area contributed by atoms with Gasteiger partial charge < -0.3 is 4.90 Å². The number of hydrogen-bond acceptors (Lipinski definition) is 3. The summed E-state index contributed by atoms with van der Waals surface area (Å²) in [5, 5.41) is 1.50. The summed E-state index contributed by atoms with van der Waals surface area (Å²) in [5.41, 5.74) is 0.949. The van der Waals surface area contributed by atoms with E-state index in [9.17, 15) is 0 Å². The van der Waals surface area contributed by atoms with Gasteiger partial charge in [-0.15, -0.1) is 0 Å². The van der Waals surface area contributed by atoms with E-state index < -0.39 is 0 Å². The Morgan fingerprint density at radius 1 is 1.00 bits per heavy atom. The van der Waals surface area contributed by atoms with Gasteiger partial charge in [0.25, 0.3) is 0 Å². The Morgan fingerprint density at radius 3 is 2.76 bits per heavy atom. The molecule has 2 aliphatic rings. The van der Waals surface area contributed by atoms with Crippen molar-refractivity contribution in [2.24, 2.45) is 5.92 Å². The Balaban J connectivity index is 1.81. The number of nitrogens with zero attached hydrogens (tertiary/aromatic N) is 3. The zero-order chi connectivity index (χ0) is 14.2. The van der Waals surface area contributed by atoms with Crippen LogP contribution < -0.4 is 4.90 Å². The molecule has 0 bridgehead atoms. The number of anilines is 1. The summed E-state index contributed by atoms with van der Waals surface area (Å²) in [6, 6.07) is 8.85. The van der Waals surface area contributed by atoms with E-state index in [1.165, 1.54) is 38.5 Å². The van der Waals surface area contributed by atoms with Crippen molar-refractivity contribution >= 4 is 28.3 Å². The van der Waals surface area contributed by atoms with Gasteiger partial charge in [-0.3, -0.25) is 0 Å². The van der Waals surface area contributed by atoms with E-state index in [-0.39, 0.29) is 0 Å². The predicted molar refractivity (Wildman–Crippen MR) is 86.9 cm³/mol. The molecule has 1 saturated heterocycles. The normalized spacial score (nSPS) is 25.9. The van der Waals surface area contributed by atoms with Gasteiger partial charge in [0.1, 0.15) is 5.82 Å². The second kappa shape index (κ2) is 5.45. The minimum Gasteiger partial charge on any atom is -0.353 e. The lowest BCUT2D eigenvalue weighted by molar-refractivity contribution is 0.243. The third-order valence-electron chi connectivity index (χ3n) is 5.07. The summed E-state index contributed by atoms with van der Waals surface area (Å²) in [4.78, 5) is 11.5. The average molecular weight is 302 g/mol. The first-order valence-electron chi connectivity index (χ1n) is 8.02. The summed E-state index contributed by atoms with van der Waals surface area (Å²) in [5.74, 6) is 1.88. The molecule has 0 spiro atoms. The fourth-order valence-corrected chi connectivity index (χ4v) is 4.31. The van der Waals surface area contributed by atoms with Gasteiger partial charge in [0.15, 0.2) is 0 Å². The van der Waals surface area contributed by atoms with Gasteiger partial charge in [-0.1, -0.05) is 25.0 Å². The van der Waals surface area contributed by atoms with Crippen LogP contribution in [0.3, 0.4) is 0 Å². The van der Waals surface area contributed by atoms with Crippen LogP contribution in [0.2, 0.25) is 5.28 Å². The van der Waals surface area contributed by atoms with Crippen LogP contribution in [0.1, 0.15) is 38.5 Å². The van der Waals surface area contributed by atoms with E-state index in [1.807, 2.05) is 12.1 Å². The lowest BCUT2D eigenvalue weighted by Crippen LogP contribution is -2.47. The molecular formula is C17H20ClN3. The van der Waals surface area contributed by atoms with Gasteiger partial charge in [-0.05, 0) is 55.3 Å². The minimum atomic E-state index is 0.363. The lowest BCUT2D eigenvalue weighted by Gasteiger charge is -2.45. The highest BCUT2D eigenvalue weighted by atomic mass is 35.5. The van der Waals surface area contributed by atoms with Crippen molar-refractivity contribution in [3.63, 3.8) is 0 Å². The highest BCUT2D eigenvalue weighted by Crippen LogP contribution is 2.39. The van der Waals surface area contributed by atoms with Crippen molar-refractivity contribution in [1.82, 2.24) is 9.97 Å². The number of rotatable bonds is 1. The Morgan fingerprint density at radius 2 is 1.81 bits per heavy atom. The molecule has 0 amide bonds. The molecule has 1 aliphatic heterocycles. The molecule has 4 heteroatoms. The molecule has 0 radical (unpaired) electrons. The molecule has 0 N–H and O–H groups in total. The number of piperidine rings is 1. The quantitative estimate of drug-likeness (QED) is 0.729. The van der Waals surface area contributed by atoms with Gasteiger partial charge in [-0.25, -0.2) is 4.98 Å². The first-order valence-corrected chi connectivity index (χ1v) is 8.39. The Kier molecular flexibility index (Phi) is 3.46. The van der Waals surface area contributed by atoms with E-state index in [1.54, 1.807) is 0 Å². The molecule has 1 saturated carbocycles. The van der Waals surface area contributed by atoms with Crippen molar-refractivity contribution < 1.29 is 0 Å². The maximum absolute atomic E-state index is 6.17. The van der Waals surface area contributed by atoms with Gasteiger partial charge in [0, 0.05) is 18.0 Å². The monoisotopic (exact) mass is 301 g/mol. The first-order chi connectivity index (χ1) is 10.3. The second-order valence-electron chi connectivity index (χ2n) is 6.28. The van der Waals surface area contributed by atoms with Gasteiger partial charge in [0.2, 0.25) is 5.28 Å². The van der Waals surface area contributed by atoms with E-state index in [4.69, 9.17) is 11.6 Å². The molecule has 1 aromatic heterocycles. The van der Waals surface area contributed by atoms with Crippen LogP contribution in [0.15, 0.2) is 24.3 Å². The predicted octanol–water partition coefficient (Wildman–Crippen LogP) is 4.44. The van der Waals surface area contributed by atoms with Crippen molar-refractivity contribution in [3.05, 3.63) is 29.5 Å². The van der Waals surface area contributed by atoms with Crippen molar-refractivity contribution in [3.8, 4) is 0 Å². The highest BCUT2D eigenvalue weighted by Gasteiger charge is 2.34. The maximum Gasteiger partial charge on any atom is 0.224 e. The molecule has 4 rings (SSSR count). The highest BCUT2D eigenvalue weighted by molar-refractivity contribution is 6.28. The molecule has 2 aromatic rings. The van der Waals surface area contributed by atoms with Crippen LogP contribution in [-0.4, -0.2) is 22.6 Å². The third-order valence-corrected chi connectivity index (χ3v) is 5.24. The summed E-state index contributed by atoms with van der Waals surface area (Å²) in [6.45, 7) is 1.10. The third kappa shape index (κ3) is 2.38. The molecule has 21 heavy (non-hydrogen) atoms. The Labute approximate surface area is 130 Å². The smallest absolute Gasteiger partial charge is 0.224 e. The summed E-state index contributed by atoms with van der Waals surface area (Å²) in [6.07, 6.45) is 8.03. The van der Waals surface area contributed by atoms with Crippen LogP contribution in [0.25, 0.3) is 10.9 Å². The van der Waals surface area contributed by atoms with Crippen molar-refractivity contribution in [2.45, 2.75) is 44.6 Å². The maximum atomic E-state index is 6.17. The van der Waals surface area contributed by atoms with Crippen LogP contribution in [-0.2, 0) is 0 Å². The standard InChI is InChI=1S/C17H20ClN3/c18-17-19-14-9-3-2-8-13(14)16(20-17)21-11-5-7-12-6-1-4-10-15(12)21/h2-3,8-9,12,15H,1,4-7,10-11H2. The van der Waals surface area contributed by atoms with E-state index >= 15 is 0 Å². The molecule has 2 unspecified atom stereocenters. The van der Waals surface area contributed by atoms with Gasteiger partial charge in [-0.2, -0.15) is 4.98 Å². The van der Waals surface area contributed by atoms with Crippen molar-refractivity contribution in [2.75, 3.05) is 11.4 Å². The number of aromatic nitrogens is 2. The largest absolute Gasteiger partial charge is 0.353 e. The Hall–Kier alpha value is -1.35. The molecule has 3 nitrogen and oxygen atoms in total. The zero-order valence-corrected chi connectivity index (χ0v) is 12.9. The van der Waals surface area contributed by atoms with Crippen LogP contribution in [0.5, 0.6) is 0 Å². The molecular weight excluding hydrogens is 282 g/mol. The molecule has 1 aromatic carbocycles. The molecule has 2 heterocycles.